The lowest BCUT2D eigenvalue weighted by Crippen LogP contribution is -2.52. The van der Waals surface area contributed by atoms with E-state index < -0.39 is 39.7 Å². The molecule has 3 heterocycles. The molecule has 0 radical (unpaired) electrons. The fourth-order valence-electron chi connectivity index (χ4n) is 4.26. The Bertz CT molecular complexity index is 1340. The summed E-state index contributed by atoms with van der Waals surface area (Å²) in [5.74, 6) is -1.33. The van der Waals surface area contributed by atoms with E-state index >= 15 is 0 Å². The van der Waals surface area contributed by atoms with Crippen molar-refractivity contribution in [1.29, 1.82) is 0 Å². The number of para-hydroxylation sites is 1. The minimum Gasteiger partial charge on any atom is -0.451 e. The second kappa shape index (κ2) is 11.7. The molecule has 196 valence electrons. The number of unbranched alkanes of at least 4 members (excludes halogenated alkanes) is 1. The first-order valence-corrected chi connectivity index (χ1v) is 13.8. The number of carbonyl (C=O) groups excluding carboxylic acids is 3. The smallest absolute Gasteiger partial charge is 0.287 e. The topological polar surface area (TPSA) is 139 Å². The van der Waals surface area contributed by atoms with Gasteiger partial charge in [0.1, 0.15) is 11.6 Å². The van der Waals surface area contributed by atoms with Crippen LogP contribution in [0.15, 0.2) is 64.2 Å². The lowest BCUT2D eigenvalue weighted by Gasteiger charge is -2.22. The summed E-state index contributed by atoms with van der Waals surface area (Å²) in [6, 6.07) is 11.7. The number of ketones is 1. The molecule has 1 saturated heterocycles. The van der Waals surface area contributed by atoms with Crippen LogP contribution < -0.4 is 10.6 Å². The molecule has 11 heteroatoms. The first kappa shape index (κ1) is 26.5. The van der Waals surface area contributed by atoms with Gasteiger partial charge in [0, 0.05) is 18.1 Å². The number of hydrogen-bond acceptors (Lipinski definition) is 7. The van der Waals surface area contributed by atoms with Crippen LogP contribution in [-0.2, 0) is 19.6 Å². The van der Waals surface area contributed by atoms with E-state index in [4.69, 9.17) is 4.42 Å². The molecule has 0 saturated carbocycles. The third kappa shape index (κ3) is 6.23. The minimum absolute atomic E-state index is 0.0939. The second-order valence-corrected chi connectivity index (χ2v) is 10.9. The largest absolute Gasteiger partial charge is 0.451 e. The standard InChI is InChI=1S/C26H30N4O6S/c1-2-3-10-20(29-26(33)23-16-18-9-4-5-12-22(18)36-23)25(32)28-19-11-8-15-30(17-21(19)31)37(34,35)24-13-6-7-14-27-24/h4-7,9,12-14,16,19-20H,2-3,8,10-11,15,17H2,1H3,(H,28,32)(H,29,33)/t19-,20?/m0/s1. The SMILES string of the molecule is CCCCC(NC(=O)c1cc2ccccc2o1)C(=O)N[C@H]1CCCN(S(=O)(=O)c2ccccn2)CC1=O. The molecule has 3 aromatic rings. The predicted octanol–water partition coefficient (Wildman–Crippen LogP) is 2.66. The Morgan fingerprint density at radius 3 is 2.70 bits per heavy atom. The molecule has 1 unspecified atom stereocenters. The Morgan fingerprint density at radius 2 is 1.97 bits per heavy atom. The highest BCUT2D eigenvalue weighted by Crippen LogP contribution is 2.20. The molecule has 10 nitrogen and oxygen atoms in total. The van der Waals surface area contributed by atoms with Crippen molar-refractivity contribution in [2.24, 2.45) is 0 Å². The van der Waals surface area contributed by atoms with Crippen LogP contribution in [0.4, 0.5) is 0 Å². The van der Waals surface area contributed by atoms with Crippen molar-refractivity contribution < 1.29 is 27.2 Å². The monoisotopic (exact) mass is 526 g/mol. The molecule has 1 aliphatic heterocycles. The molecule has 2 atom stereocenters. The fraction of sp³-hybridized carbons (Fsp3) is 0.385. The number of rotatable bonds is 9. The number of aromatic nitrogens is 1. The Balaban J connectivity index is 1.43. The van der Waals surface area contributed by atoms with Gasteiger partial charge in [0.2, 0.25) is 5.91 Å². The molecule has 1 fully saturated rings. The summed E-state index contributed by atoms with van der Waals surface area (Å²) in [5.41, 5.74) is 0.566. The number of fused-ring (bicyclic) bond motifs is 1. The van der Waals surface area contributed by atoms with E-state index in [1.807, 2.05) is 19.1 Å². The van der Waals surface area contributed by atoms with Crippen LogP contribution in [-0.4, -0.2) is 60.5 Å². The van der Waals surface area contributed by atoms with E-state index in [0.717, 1.165) is 16.1 Å². The van der Waals surface area contributed by atoms with E-state index in [1.165, 1.54) is 12.3 Å². The first-order chi connectivity index (χ1) is 17.8. The van der Waals surface area contributed by atoms with E-state index in [9.17, 15) is 22.8 Å². The van der Waals surface area contributed by atoms with Gasteiger partial charge in [-0.2, -0.15) is 4.31 Å². The minimum atomic E-state index is -3.94. The number of Topliss-reactive ketones (excluding diaryl/α,β-unsaturated/α-hetero) is 1. The van der Waals surface area contributed by atoms with Crippen LogP contribution in [0, 0.1) is 0 Å². The van der Waals surface area contributed by atoms with Crippen LogP contribution in [0.25, 0.3) is 11.0 Å². The number of furan rings is 1. The van der Waals surface area contributed by atoms with Crippen LogP contribution >= 0.6 is 0 Å². The first-order valence-electron chi connectivity index (χ1n) is 12.3. The summed E-state index contributed by atoms with van der Waals surface area (Å²) in [7, 11) is -3.94. The third-order valence-electron chi connectivity index (χ3n) is 6.30. The molecule has 2 aromatic heterocycles. The fourth-order valence-corrected chi connectivity index (χ4v) is 5.63. The second-order valence-electron chi connectivity index (χ2n) is 8.99. The molecule has 37 heavy (non-hydrogen) atoms. The Hall–Kier alpha value is -3.57. The van der Waals surface area contributed by atoms with E-state index in [1.54, 1.807) is 30.3 Å². The molecule has 0 bridgehead atoms. The van der Waals surface area contributed by atoms with Crippen molar-refractivity contribution in [3.8, 4) is 0 Å². The van der Waals surface area contributed by atoms with Gasteiger partial charge in [-0.3, -0.25) is 14.4 Å². The van der Waals surface area contributed by atoms with Gasteiger partial charge in [-0.15, -0.1) is 0 Å². The maximum absolute atomic E-state index is 13.2. The highest BCUT2D eigenvalue weighted by atomic mass is 32.2. The quantitative estimate of drug-likeness (QED) is 0.437. The van der Waals surface area contributed by atoms with E-state index in [-0.39, 0.29) is 30.3 Å². The van der Waals surface area contributed by atoms with Crippen molar-refractivity contribution in [2.45, 2.75) is 56.1 Å². The number of nitrogens with zero attached hydrogens (tertiary/aromatic N) is 2. The zero-order chi connectivity index (χ0) is 26.4. The summed E-state index contributed by atoms with van der Waals surface area (Å²) in [6.45, 7) is 1.75. The third-order valence-corrected chi connectivity index (χ3v) is 8.06. The van der Waals surface area contributed by atoms with Crippen LogP contribution in [0.3, 0.4) is 0 Å². The molecule has 2 N–H and O–H groups in total. The molecule has 0 spiro atoms. The predicted molar refractivity (Wildman–Crippen MR) is 136 cm³/mol. The number of benzene rings is 1. The van der Waals surface area contributed by atoms with Crippen molar-refractivity contribution in [3.05, 3.63) is 60.5 Å². The van der Waals surface area contributed by atoms with Crippen LogP contribution in [0.2, 0.25) is 0 Å². The Labute approximate surface area is 215 Å². The molecular weight excluding hydrogens is 496 g/mol. The van der Waals surface area contributed by atoms with Gasteiger partial charge in [-0.05, 0) is 43.5 Å². The Kier molecular flexibility index (Phi) is 8.34. The van der Waals surface area contributed by atoms with Gasteiger partial charge in [-0.25, -0.2) is 13.4 Å². The summed E-state index contributed by atoms with van der Waals surface area (Å²) >= 11 is 0. The molecule has 1 aromatic carbocycles. The summed E-state index contributed by atoms with van der Waals surface area (Å²) < 4.78 is 32.6. The zero-order valence-corrected chi connectivity index (χ0v) is 21.4. The van der Waals surface area contributed by atoms with Gasteiger partial charge in [0.15, 0.2) is 16.6 Å². The van der Waals surface area contributed by atoms with Crippen molar-refractivity contribution in [2.75, 3.05) is 13.1 Å². The number of amides is 2. The Morgan fingerprint density at radius 1 is 1.19 bits per heavy atom. The van der Waals surface area contributed by atoms with Crippen molar-refractivity contribution in [3.63, 3.8) is 0 Å². The maximum Gasteiger partial charge on any atom is 0.287 e. The van der Waals surface area contributed by atoms with E-state index in [0.29, 0.717) is 24.8 Å². The van der Waals surface area contributed by atoms with Crippen molar-refractivity contribution >= 4 is 38.6 Å². The highest BCUT2D eigenvalue weighted by molar-refractivity contribution is 7.89. The number of hydrogen-bond donors (Lipinski definition) is 2. The van der Waals surface area contributed by atoms with E-state index in [2.05, 4.69) is 15.6 Å². The normalized spacial score (nSPS) is 17.8. The average molecular weight is 527 g/mol. The average Bonchev–Trinajstić information content (AvgIpc) is 3.25. The summed E-state index contributed by atoms with van der Waals surface area (Å²) in [5, 5.41) is 6.12. The molecular formula is C26H30N4O6S. The number of pyridine rings is 1. The zero-order valence-electron chi connectivity index (χ0n) is 20.6. The van der Waals surface area contributed by atoms with Crippen LogP contribution in [0.5, 0.6) is 0 Å². The molecule has 4 rings (SSSR count). The van der Waals surface area contributed by atoms with Gasteiger partial charge >= 0.3 is 0 Å². The molecule has 0 aliphatic carbocycles. The number of nitrogens with one attached hydrogen (secondary N) is 2. The lowest BCUT2D eigenvalue weighted by atomic mass is 10.1. The summed E-state index contributed by atoms with van der Waals surface area (Å²) in [4.78, 5) is 42.9. The van der Waals surface area contributed by atoms with Crippen LogP contribution in [0.1, 0.15) is 49.6 Å². The molecule has 1 aliphatic rings. The van der Waals surface area contributed by atoms with Gasteiger partial charge in [-0.1, -0.05) is 44.0 Å². The summed E-state index contributed by atoms with van der Waals surface area (Å²) in [6.07, 6.45) is 3.94. The van der Waals surface area contributed by atoms with Gasteiger partial charge < -0.3 is 15.1 Å². The number of carbonyl (C=O) groups is 3. The lowest BCUT2D eigenvalue weighted by molar-refractivity contribution is -0.128. The van der Waals surface area contributed by atoms with Gasteiger partial charge in [0.05, 0.1) is 12.6 Å². The van der Waals surface area contributed by atoms with Crippen molar-refractivity contribution in [1.82, 2.24) is 19.9 Å². The maximum atomic E-state index is 13.2. The highest BCUT2D eigenvalue weighted by Gasteiger charge is 2.34. The molecule has 2 amide bonds. The van der Waals surface area contributed by atoms with Gasteiger partial charge in [0.25, 0.3) is 15.9 Å². The number of sulfonamides is 1.